The monoisotopic (exact) mass is 307 g/mol. The van der Waals surface area contributed by atoms with Gasteiger partial charge in [-0.2, -0.15) is 0 Å². The van der Waals surface area contributed by atoms with E-state index in [0.717, 1.165) is 12.1 Å². The minimum Gasteiger partial charge on any atom is -0.314 e. The zero-order valence-electron chi connectivity index (χ0n) is 15.4. The molecule has 0 heterocycles. The van der Waals surface area contributed by atoms with Crippen LogP contribution < -0.4 is 4.90 Å². The van der Waals surface area contributed by atoms with Crippen LogP contribution in [0.2, 0.25) is 0 Å². The van der Waals surface area contributed by atoms with Crippen molar-refractivity contribution in [3.8, 4) is 0 Å². The highest BCUT2D eigenvalue weighted by molar-refractivity contribution is 5.74. The number of allylic oxidation sites excluding steroid dienone is 1. The van der Waals surface area contributed by atoms with E-state index in [9.17, 15) is 0 Å². The summed E-state index contributed by atoms with van der Waals surface area (Å²) in [6, 6.07) is 15.2. The highest BCUT2D eigenvalue weighted by atomic mass is 15.1. The standard InChI is InChI=1S/C22H29N/c1-8-18(4)23(20-12-10-9-11-13-20)21-16(2)14-19(15-17(21)3)22(5,6)7/h9-15H,4,8H2,1-3,5-7H3. The molecule has 1 heteroatoms. The van der Waals surface area contributed by atoms with Crippen molar-refractivity contribution in [2.24, 2.45) is 0 Å². The van der Waals surface area contributed by atoms with E-state index in [1.54, 1.807) is 0 Å². The van der Waals surface area contributed by atoms with Gasteiger partial charge in [0, 0.05) is 11.4 Å². The maximum atomic E-state index is 4.31. The second kappa shape index (κ2) is 6.62. The summed E-state index contributed by atoms with van der Waals surface area (Å²) in [4.78, 5) is 2.30. The van der Waals surface area contributed by atoms with Crippen LogP contribution >= 0.6 is 0 Å². The quantitative estimate of drug-likeness (QED) is 0.610. The first-order valence-electron chi connectivity index (χ1n) is 8.40. The van der Waals surface area contributed by atoms with Crippen LogP contribution in [-0.4, -0.2) is 0 Å². The van der Waals surface area contributed by atoms with Crippen LogP contribution in [0.5, 0.6) is 0 Å². The van der Waals surface area contributed by atoms with E-state index < -0.39 is 0 Å². The fourth-order valence-corrected chi connectivity index (χ4v) is 2.95. The molecule has 0 aromatic heterocycles. The van der Waals surface area contributed by atoms with Gasteiger partial charge in [0.1, 0.15) is 0 Å². The Balaban J connectivity index is 2.63. The van der Waals surface area contributed by atoms with Crippen LogP contribution in [0.1, 0.15) is 50.8 Å². The fourth-order valence-electron chi connectivity index (χ4n) is 2.95. The Labute approximate surface area is 141 Å². The minimum absolute atomic E-state index is 0.160. The molecular weight excluding hydrogens is 278 g/mol. The number of hydrogen-bond donors (Lipinski definition) is 0. The van der Waals surface area contributed by atoms with E-state index >= 15 is 0 Å². The van der Waals surface area contributed by atoms with Gasteiger partial charge in [0.05, 0.1) is 5.69 Å². The van der Waals surface area contributed by atoms with Gasteiger partial charge in [-0.05, 0) is 54.5 Å². The van der Waals surface area contributed by atoms with Gasteiger partial charge in [-0.1, -0.05) is 64.6 Å². The molecule has 23 heavy (non-hydrogen) atoms. The predicted molar refractivity (Wildman–Crippen MR) is 103 cm³/mol. The van der Waals surface area contributed by atoms with Gasteiger partial charge in [0.15, 0.2) is 0 Å². The third kappa shape index (κ3) is 3.67. The van der Waals surface area contributed by atoms with Gasteiger partial charge in [0.25, 0.3) is 0 Å². The van der Waals surface area contributed by atoms with E-state index in [1.165, 1.54) is 28.1 Å². The molecule has 1 nitrogen and oxygen atoms in total. The summed E-state index contributed by atoms with van der Waals surface area (Å²) in [6.45, 7) is 17.7. The Morgan fingerprint density at radius 1 is 1.00 bits per heavy atom. The summed E-state index contributed by atoms with van der Waals surface area (Å²) in [5.74, 6) is 0. The molecule has 122 valence electrons. The summed E-state index contributed by atoms with van der Waals surface area (Å²) in [6.07, 6.45) is 0.925. The van der Waals surface area contributed by atoms with Crippen molar-refractivity contribution < 1.29 is 0 Å². The van der Waals surface area contributed by atoms with Crippen molar-refractivity contribution in [1.29, 1.82) is 0 Å². The third-order valence-corrected chi connectivity index (χ3v) is 4.32. The zero-order chi connectivity index (χ0) is 17.2. The van der Waals surface area contributed by atoms with Crippen LogP contribution in [0.25, 0.3) is 0 Å². The number of anilines is 2. The highest BCUT2D eigenvalue weighted by Crippen LogP contribution is 2.38. The topological polar surface area (TPSA) is 3.24 Å². The molecule has 0 N–H and O–H groups in total. The van der Waals surface area contributed by atoms with Gasteiger partial charge >= 0.3 is 0 Å². The lowest BCUT2D eigenvalue weighted by Gasteiger charge is -2.31. The van der Waals surface area contributed by atoms with E-state index in [0.29, 0.717) is 0 Å². The molecule has 0 aliphatic rings. The number of rotatable bonds is 4. The molecule has 2 rings (SSSR count). The van der Waals surface area contributed by atoms with Crippen molar-refractivity contribution >= 4 is 11.4 Å². The molecule has 2 aromatic rings. The summed E-state index contributed by atoms with van der Waals surface area (Å²) < 4.78 is 0. The molecule has 0 aliphatic heterocycles. The number of hydrogen-bond acceptors (Lipinski definition) is 1. The second-order valence-electron chi connectivity index (χ2n) is 7.30. The normalized spacial score (nSPS) is 11.4. The summed E-state index contributed by atoms with van der Waals surface area (Å²) in [7, 11) is 0. The van der Waals surface area contributed by atoms with Crippen molar-refractivity contribution in [3.63, 3.8) is 0 Å². The SMILES string of the molecule is C=C(CC)N(c1ccccc1)c1c(C)cc(C(C)(C)C)cc1C. The lowest BCUT2D eigenvalue weighted by Crippen LogP contribution is -2.19. The Bertz CT molecular complexity index is 667. The Kier molecular flexibility index (Phi) is 4.99. The average Bonchev–Trinajstić information content (AvgIpc) is 2.50. The smallest absolute Gasteiger partial charge is 0.0516 e. The van der Waals surface area contributed by atoms with Crippen LogP contribution in [0.3, 0.4) is 0 Å². The van der Waals surface area contributed by atoms with Crippen LogP contribution in [0, 0.1) is 13.8 Å². The molecule has 0 saturated carbocycles. The van der Waals surface area contributed by atoms with Gasteiger partial charge in [-0.15, -0.1) is 0 Å². The first-order chi connectivity index (χ1) is 10.8. The largest absolute Gasteiger partial charge is 0.314 e. The van der Waals surface area contributed by atoms with E-state index in [2.05, 4.69) is 95.5 Å². The molecule has 0 spiro atoms. The van der Waals surface area contributed by atoms with Gasteiger partial charge in [0.2, 0.25) is 0 Å². The molecule has 0 bridgehead atoms. The molecule has 0 amide bonds. The molecule has 2 aromatic carbocycles. The highest BCUT2D eigenvalue weighted by Gasteiger charge is 2.20. The summed E-state index contributed by atoms with van der Waals surface area (Å²) in [5.41, 5.74) is 7.69. The first-order valence-corrected chi connectivity index (χ1v) is 8.40. The average molecular weight is 307 g/mol. The lowest BCUT2D eigenvalue weighted by atomic mass is 9.84. The second-order valence-corrected chi connectivity index (χ2v) is 7.30. The van der Waals surface area contributed by atoms with Crippen LogP contribution in [0.15, 0.2) is 54.7 Å². The van der Waals surface area contributed by atoms with Crippen LogP contribution in [-0.2, 0) is 5.41 Å². The van der Waals surface area contributed by atoms with Crippen LogP contribution in [0.4, 0.5) is 11.4 Å². The predicted octanol–water partition coefficient (Wildman–Crippen LogP) is 6.66. The van der Waals surface area contributed by atoms with E-state index in [4.69, 9.17) is 0 Å². The van der Waals surface area contributed by atoms with Gasteiger partial charge in [-0.3, -0.25) is 0 Å². The molecular formula is C22H29N. The summed E-state index contributed by atoms with van der Waals surface area (Å²) >= 11 is 0. The molecule has 0 fully saturated rings. The summed E-state index contributed by atoms with van der Waals surface area (Å²) in [5, 5.41) is 0. The Hall–Kier alpha value is -2.02. The molecule has 0 unspecified atom stereocenters. The zero-order valence-corrected chi connectivity index (χ0v) is 15.4. The number of para-hydroxylation sites is 1. The molecule has 0 atom stereocenters. The fraction of sp³-hybridized carbons (Fsp3) is 0.364. The molecule has 0 radical (unpaired) electrons. The third-order valence-electron chi connectivity index (χ3n) is 4.32. The maximum Gasteiger partial charge on any atom is 0.0516 e. The van der Waals surface area contributed by atoms with Gasteiger partial charge in [-0.25, -0.2) is 0 Å². The number of aryl methyl sites for hydroxylation is 2. The number of benzene rings is 2. The Morgan fingerprint density at radius 2 is 1.52 bits per heavy atom. The maximum absolute atomic E-state index is 4.31. The van der Waals surface area contributed by atoms with Crippen molar-refractivity contribution in [1.82, 2.24) is 0 Å². The van der Waals surface area contributed by atoms with E-state index in [1.807, 2.05) is 0 Å². The molecule has 0 saturated heterocycles. The minimum atomic E-state index is 0.160. The lowest BCUT2D eigenvalue weighted by molar-refractivity contribution is 0.589. The molecule has 0 aliphatic carbocycles. The van der Waals surface area contributed by atoms with Crippen molar-refractivity contribution in [2.45, 2.75) is 53.4 Å². The van der Waals surface area contributed by atoms with E-state index in [-0.39, 0.29) is 5.41 Å². The van der Waals surface area contributed by atoms with Crippen molar-refractivity contribution in [2.75, 3.05) is 4.90 Å². The first kappa shape index (κ1) is 17.3. The van der Waals surface area contributed by atoms with Gasteiger partial charge < -0.3 is 4.90 Å². The van der Waals surface area contributed by atoms with Crippen molar-refractivity contribution in [3.05, 3.63) is 71.4 Å². The Morgan fingerprint density at radius 3 is 1.96 bits per heavy atom. The number of nitrogens with zero attached hydrogens (tertiary/aromatic N) is 1.